The fraction of sp³-hybridized carbons (Fsp3) is 0.267. The molecule has 6 heteroatoms. The highest BCUT2D eigenvalue weighted by atomic mass is 35.5. The van der Waals surface area contributed by atoms with Crippen molar-refractivity contribution in [2.75, 3.05) is 11.4 Å². The van der Waals surface area contributed by atoms with Crippen LogP contribution in [0.5, 0.6) is 0 Å². The predicted molar refractivity (Wildman–Crippen MR) is 81.6 cm³/mol. The Morgan fingerprint density at radius 2 is 2.10 bits per heavy atom. The summed E-state index contributed by atoms with van der Waals surface area (Å²) in [4.78, 5) is 21.5. The van der Waals surface area contributed by atoms with Crippen molar-refractivity contribution in [2.24, 2.45) is 0 Å². The first-order valence-corrected chi connectivity index (χ1v) is 6.88. The van der Waals surface area contributed by atoms with Gasteiger partial charge in [-0.15, -0.1) is 0 Å². The zero-order valence-corrected chi connectivity index (χ0v) is 12.6. The van der Waals surface area contributed by atoms with E-state index in [1.807, 2.05) is 19.9 Å². The number of aliphatic carboxylic acids is 1. The molecular formula is C15H16ClN3O2. The van der Waals surface area contributed by atoms with Crippen molar-refractivity contribution < 1.29 is 9.90 Å². The normalized spacial score (nSPS) is 12.0. The van der Waals surface area contributed by atoms with Crippen molar-refractivity contribution in [3.8, 4) is 0 Å². The highest BCUT2D eigenvalue weighted by molar-refractivity contribution is 6.30. The standard InChI is InChI=1S/C15H16ClN3O2/c1-10-15(18-7-6-17-10)11(2)19(9-14(20)21)13-5-3-4-12(16)8-13/h3-8,11H,9H2,1-2H3,(H,20,21). The molecule has 1 aromatic carbocycles. The fourth-order valence-electron chi connectivity index (χ4n) is 2.23. The average molecular weight is 306 g/mol. The summed E-state index contributed by atoms with van der Waals surface area (Å²) in [5.41, 5.74) is 2.27. The summed E-state index contributed by atoms with van der Waals surface area (Å²) < 4.78 is 0. The number of carboxylic acids is 1. The molecule has 1 atom stereocenters. The number of carbonyl (C=O) groups is 1. The molecule has 1 aromatic heterocycles. The van der Waals surface area contributed by atoms with Gasteiger partial charge in [-0.3, -0.25) is 14.8 Å². The SMILES string of the molecule is Cc1nccnc1C(C)N(CC(=O)O)c1cccc(Cl)c1. The van der Waals surface area contributed by atoms with Gasteiger partial charge in [-0.05, 0) is 32.0 Å². The van der Waals surface area contributed by atoms with Gasteiger partial charge in [-0.1, -0.05) is 17.7 Å². The summed E-state index contributed by atoms with van der Waals surface area (Å²) in [7, 11) is 0. The predicted octanol–water partition coefficient (Wildman–Crippen LogP) is 3.09. The monoisotopic (exact) mass is 305 g/mol. The van der Waals surface area contributed by atoms with Gasteiger partial charge in [-0.2, -0.15) is 0 Å². The zero-order chi connectivity index (χ0) is 15.4. The molecule has 1 N–H and O–H groups in total. The first kappa shape index (κ1) is 15.3. The van der Waals surface area contributed by atoms with E-state index in [-0.39, 0.29) is 12.6 Å². The second-order valence-electron chi connectivity index (χ2n) is 4.70. The van der Waals surface area contributed by atoms with Crippen LogP contribution >= 0.6 is 11.6 Å². The molecule has 0 saturated heterocycles. The smallest absolute Gasteiger partial charge is 0.323 e. The molecule has 0 radical (unpaired) electrons. The van der Waals surface area contributed by atoms with Crippen molar-refractivity contribution >= 4 is 23.3 Å². The maximum absolute atomic E-state index is 11.2. The number of halogens is 1. The third-order valence-corrected chi connectivity index (χ3v) is 3.46. The number of hydrogen-bond donors (Lipinski definition) is 1. The lowest BCUT2D eigenvalue weighted by molar-refractivity contribution is -0.135. The first-order valence-electron chi connectivity index (χ1n) is 6.50. The number of benzene rings is 1. The van der Waals surface area contributed by atoms with Crippen LogP contribution in [0.2, 0.25) is 5.02 Å². The number of rotatable bonds is 5. The molecule has 0 fully saturated rings. The molecule has 0 aliphatic rings. The van der Waals surface area contributed by atoms with Gasteiger partial charge in [0.05, 0.1) is 17.4 Å². The summed E-state index contributed by atoms with van der Waals surface area (Å²) in [6.07, 6.45) is 3.22. The van der Waals surface area contributed by atoms with Crippen molar-refractivity contribution in [3.05, 3.63) is 53.1 Å². The number of carboxylic acid groups (broad SMARTS) is 1. The minimum Gasteiger partial charge on any atom is -0.480 e. The Labute approximate surface area is 128 Å². The van der Waals surface area contributed by atoms with Crippen molar-refractivity contribution in [2.45, 2.75) is 19.9 Å². The van der Waals surface area contributed by atoms with E-state index in [0.717, 1.165) is 17.1 Å². The number of aryl methyl sites for hydroxylation is 1. The molecule has 2 aromatic rings. The minimum atomic E-state index is -0.914. The topological polar surface area (TPSA) is 66.3 Å². The lowest BCUT2D eigenvalue weighted by atomic mass is 10.1. The second-order valence-corrected chi connectivity index (χ2v) is 5.14. The van der Waals surface area contributed by atoms with Crippen LogP contribution in [0.25, 0.3) is 0 Å². The molecule has 0 amide bonds. The van der Waals surface area contributed by atoms with Gasteiger partial charge in [0.1, 0.15) is 6.54 Å². The second kappa shape index (κ2) is 6.54. The largest absolute Gasteiger partial charge is 0.480 e. The molecule has 0 spiro atoms. The third-order valence-electron chi connectivity index (χ3n) is 3.23. The van der Waals surface area contributed by atoms with Crippen LogP contribution < -0.4 is 4.90 Å². The molecule has 21 heavy (non-hydrogen) atoms. The van der Waals surface area contributed by atoms with E-state index >= 15 is 0 Å². The van der Waals surface area contributed by atoms with Crippen LogP contribution in [0.15, 0.2) is 36.7 Å². The summed E-state index contributed by atoms with van der Waals surface area (Å²) in [5.74, 6) is -0.914. The van der Waals surface area contributed by atoms with E-state index in [1.165, 1.54) is 0 Å². The van der Waals surface area contributed by atoms with Crippen LogP contribution in [-0.2, 0) is 4.79 Å². The molecular weight excluding hydrogens is 290 g/mol. The maximum Gasteiger partial charge on any atom is 0.323 e. The Morgan fingerprint density at radius 1 is 1.38 bits per heavy atom. The molecule has 1 unspecified atom stereocenters. The van der Waals surface area contributed by atoms with Crippen molar-refractivity contribution in [1.82, 2.24) is 9.97 Å². The number of hydrogen-bond acceptors (Lipinski definition) is 4. The van der Waals surface area contributed by atoms with Gasteiger partial charge in [0.2, 0.25) is 0 Å². The molecule has 110 valence electrons. The summed E-state index contributed by atoms with van der Waals surface area (Å²) >= 11 is 6.01. The van der Waals surface area contributed by atoms with Gasteiger partial charge >= 0.3 is 5.97 Å². The number of nitrogens with zero attached hydrogens (tertiary/aromatic N) is 3. The van der Waals surface area contributed by atoms with E-state index in [4.69, 9.17) is 16.7 Å². The lowest BCUT2D eigenvalue weighted by Crippen LogP contribution is -2.33. The van der Waals surface area contributed by atoms with Gasteiger partial charge < -0.3 is 10.0 Å². The Balaban J connectivity index is 2.40. The zero-order valence-electron chi connectivity index (χ0n) is 11.8. The van der Waals surface area contributed by atoms with Crippen molar-refractivity contribution in [1.29, 1.82) is 0 Å². The van der Waals surface area contributed by atoms with Gasteiger partial charge in [0.15, 0.2) is 0 Å². The van der Waals surface area contributed by atoms with Gasteiger partial charge in [0.25, 0.3) is 0 Å². The van der Waals surface area contributed by atoms with E-state index in [9.17, 15) is 4.79 Å². The summed E-state index contributed by atoms with van der Waals surface area (Å²) in [5, 5.41) is 9.73. The molecule has 2 rings (SSSR count). The van der Waals surface area contributed by atoms with Gasteiger partial charge in [0, 0.05) is 23.1 Å². The van der Waals surface area contributed by atoms with E-state index in [1.54, 1.807) is 35.5 Å². The van der Waals surface area contributed by atoms with E-state index in [0.29, 0.717) is 5.02 Å². The van der Waals surface area contributed by atoms with Gasteiger partial charge in [-0.25, -0.2) is 0 Å². The Kier molecular flexibility index (Phi) is 4.75. The van der Waals surface area contributed by atoms with Crippen LogP contribution in [0.4, 0.5) is 5.69 Å². The molecule has 5 nitrogen and oxygen atoms in total. The average Bonchev–Trinajstić information content (AvgIpc) is 2.44. The van der Waals surface area contributed by atoms with Crippen molar-refractivity contribution in [3.63, 3.8) is 0 Å². The molecule has 0 bridgehead atoms. The Morgan fingerprint density at radius 3 is 2.71 bits per heavy atom. The summed E-state index contributed by atoms with van der Waals surface area (Å²) in [6.45, 7) is 3.62. The fourth-order valence-corrected chi connectivity index (χ4v) is 2.41. The van der Waals surface area contributed by atoms with E-state index in [2.05, 4.69) is 9.97 Å². The molecule has 1 heterocycles. The molecule has 0 aliphatic carbocycles. The van der Waals surface area contributed by atoms with Crippen LogP contribution in [-0.4, -0.2) is 27.6 Å². The minimum absolute atomic E-state index is 0.141. The third kappa shape index (κ3) is 3.70. The molecule has 0 aliphatic heterocycles. The maximum atomic E-state index is 11.2. The lowest BCUT2D eigenvalue weighted by Gasteiger charge is -2.30. The van der Waals surface area contributed by atoms with Crippen LogP contribution in [0, 0.1) is 6.92 Å². The van der Waals surface area contributed by atoms with Crippen LogP contribution in [0.1, 0.15) is 24.4 Å². The highest BCUT2D eigenvalue weighted by Gasteiger charge is 2.22. The Bertz CT molecular complexity index is 648. The highest BCUT2D eigenvalue weighted by Crippen LogP contribution is 2.28. The van der Waals surface area contributed by atoms with E-state index < -0.39 is 5.97 Å². The molecule has 0 saturated carbocycles. The number of anilines is 1. The number of aromatic nitrogens is 2. The first-order chi connectivity index (χ1) is 9.99. The quantitative estimate of drug-likeness (QED) is 0.919. The van der Waals surface area contributed by atoms with Crippen LogP contribution in [0.3, 0.4) is 0 Å². The Hall–Kier alpha value is -2.14. The summed E-state index contributed by atoms with van der Waals surface area (Å²) in [6, 6.07) is 6.89.